The summed E-state index contributed by atoms with van der Waals surface area (Å²) in [6.07, 6.45) is 0.936. The molecule has 0 bridgehead atoms. The first-order valence-electron chi connectivity index (χ1n) is 6.21. The molecule has 1 heterocycles. The molecule has 0 aliphatic carbocycles. The third-order valence-corrected chi connectivity index (χ3v) is 4.35. The fraction of sp³-hybridized carbons (Fsp3) is 0.333. The van der Waals surface area contributed by atoms with E-state index in [1.54, 1.807) is 11.3 Å². The number of aryl methyl sites for hydroxylation is 1. The normalized spacial score (nSPS) is 12.6. The van der Waals surface area contributed by atoms with Gasteiger partial charge in [-0.1, -0.05) is 36.7 Å². The average molecular weight is 280 g/mol. The SMILES string of the molecule is CCNC(Cc1ccccc1Cl)c1cscc1C. The second-order valence-corrected chi connectivity index (χ2v) is 5.57. The van der Waals surface area contributed by atoms with E-state index in [2.05, 4.69) is 36.0 Å². The van der Waals surface area contributed by atoms with Crippen molar-refractivity contribution in [2.24, 2.45) is 0 Å². The van der Waals surface area contributed by atoms with Gasteiger partial charge in [-0.3, -0.25) is 0 Å². The Hall–Kier alpha value is -0.830. The van der Waals surface area contributed by atoms with Crippen LogP contribution in [0.1, 0.15) is 29.7 Å². The lowest BCUT2D eigenvalue weighted by Gasteiger charge is -2.19. The molecule has 96 valence electrons. The molecule has 0 fully saturated rings. The van der Waals surface area contributed by atoms with Gasteiger partial charge in [0.2, 0.25) is 0 Å². The standard InChI is InChI=1S/C15H18ClNS/c1-3-17-15(13-10-18-9-11(13)2)8-12-6-4-5-7-14(12)16/h4-7,9-10,15,17H,3,8H2,1-2H3. The molecular weight excluding hydrogens is 262 g/mol. The number of likely N-dealkylation sites (N-methyl/N-ethyl adjacent to an activating group) is 1. The molecule has 3 heteroatoms. The summed E-state index contributed by atoms with van der Waals surface area (Å²) in [6.45, 7) is 5.27. The van der Waals surface area contributed by atoms with Gasteiger partial charge in [-0.15, -0.1) is 0 Å². The molecule has 0 aliphatic rings. The Kier molecular flexibility index (Phi) is 4.81. The number of thiophene rings is 1. The van der Waals surface area contributed by atoms with E-state index < -0.39 is 0 Å². The van der Waals surface area contributed by atoms with E-state index in [-0.39, 0.29) is 0 Å². The second-order valence-electron chi connectivity index (χ2n) is 4.42. The second kappa shape index (κ2) is 6.37. The van der Waals surface area contributed by atoms with Crippen molar-refractivity contribution in [3.63, 3.8) is 0 Å². The largest absolute Gasteiger partial charge is 0.310 e. The quantitative estimate of drug-likeness (QED) is 0.843. The van der Waals surface area contributed by atoms with E-state index in [4.69, 9.17) is 11.6 Å². The Morgan fingerprint density at radius 1 is 1.28 bits per heavy atom. The predicted molar refractivity (Wildman–Crippen MR) is 80.6 cm³/mol. The van der Waals surface area contributed by atoms with Crippen molar-refractivity contribution < 1.29 is 0 Å². The van der Waals surface area contributed by atoms with Crippen LogP contribution >= 0.6 is 22.9 Å². The van der Waals surface area contributed by atoms with Crippen LogP contribution in [-0.2, 0) is 6.42 Å². The Bertz CT molecular complexity index is 507. The third-order valence-electron chi connectivity index (χ3n) is 3.10. The molecule has 2 rings (SSSR count). The van der Waals surface area contributed by atoms with E-state index in [0.29, 0.717) is 6.04 Å². The molecule has 18 heavy (non-hydrogen) atoms. The van der Waals surface area contributed by atoms with Crippen LogP contribution in [0.2, 0.25) is 5.02 Å². The Labute approximate surface area is 118 Å². The zero-order valence-corrected chi connectivity index (χ0v) is 12.3. The molecule has 1 unspecified atom stereocenters. The first-order chi connectivity index (χ1) is 8.72. The lowest BCUT2D eigenvalue weighted by molar-refractivity contribution is 0.549. The van der Waals surface area contributed by atoms with Crippen molar-refractivity contribution in [1.29, 1.82) is 0 Å². The maximum atomic E-state index is 6.24. The van der Waals surface area contributed by atoms with Crippen LogP contribution in [0.25, 0.3) is 0 Å². The summed E-state index contributed by atoms with van der Waals surface area (Å²) in [6, 6.07) is 8.43. The molecule has 0 spiro atoms. The summed E-state index contributed by atoms with van der Waals surface area (Å²) in [7, 11) is 0. The number of rotatable bonds is 5. The van der Waals surface area contributed by atoms with Crippen molar-refractivity contribution in [2.45, 2.75) is 26.3 Å². The molecule has 0 amide bonds. The summed E-state index contributed by atoms with van der Waals surface area (Å²) >= 11 is 8.01. The number of hydrogen-bond donors (Lipinski definition) is 1. The van der Waals surface area contributed by atoms with Crippen LogP contribution in [0.3, 0.4) is 0 Å². The van der Waals surface area contributed by atoms with E-state index in [0.717, 1.165) is 18.0 Å². The van der Waals surface area contributed by atoms with Gasteiger partial charge in [0.05, 0.1) is 0 Å². The fourth-order valence-corrected chi connectivity index (χ4v) is 3.27. The topological polar surface area (TPSA) is 12.0 Å². The number of nitrogens with one attached hydrogen (secondary N) is 1. The Morgan fingerprint density at radius 3 is 2.67 bits per heavy atom. The molecule has 1 atom stereocenters. The highest BCUT2D eigenvalue weighted by Gasteiger charge is 2.15. The third kappa shape index (κ3) is 3.14. The molecule has 1 aromatic carbocycles. The van der Waals surface area contributed by atoms with Crippen molar-refractivity contribution in [2.75, 3.05) is 6.54 Å². The highest BCUT2D eigenvalue weighted by atomic mass is 35.5. The maximum absolute atomic E-state index is 6.24. The molecule has 2 aromatic rings. The van der Waals surface area contributed by atoms with E-state index in [1.165, 1.54) is 16.7 Å². The monoisotopic (exact) mass is 279 g/mol. The molecule has 0 saturated carbocycles. The van der Waals surface area contributed by atoms with Crippen LogP contribution < -0.4 is 5.32 Å². The molecule has 1 N–H and O–H groups in total. The van der Waals surface area contributed by atoms with Crippen LogP contribution in [0.4, 0.5) is 0 Å². The maximum Gasteiger partial charge on any atom is 0.0438 e. The van der Waals surface area contributed by atoms with Gasteiger partial charge in [0.25, 0.3) is 0 Å². The summed E-state index contributed by atoms with van der Waals surface area (Å²) < 4.78 is 0. The van der Waals surface area contributed by atoms with Crippen molar-refractivity contribution in [1.82, 2.24) is 5.32 Å². The highest BCUT2D eigenvalue weighted by molar-refractivity contribution is 7.08. The smallest absolute Gasteiger partial charge is 0.0438 e. The fourth-order valence-electron chi connectivity index (χ4n) is 2.15. The lowest BCUT2D eigenvalue weighted by atomic mass is 9.98. The van der Waals surface area contributed by atoms with Gasteiger partial charge in [-0.05, 0) is 53.4 Å². The summed E-state index contributed by atoms with van der Waals surface area (Å²) in [4.78, 5) is 0. The Morgan fingerprint density at radius 2 is 2.06 bits per heavy atom. The predicted octanol–water partition coefficient (Wildman–Crippen LogP) is 4.60. The highest BCUT2D eigenvalue weighted by Crippen LogP contribution is 2.27. The van der Waals surface area contributed by atoms with E-state index in [9.17, 15) is 0 Å². The zero-order valence-electron chi connectivity index (χ0n) is 10.7. The molecule has 0 saturated heterocycles. The van der Waals surface area contributed by atoms with Crippen LogP contribution in [0, 0.1) is 6.92 Å². The number of halogens is 1. The zero-order chi connectivity index (χ0) is 13.0. The molecule has 1 aromatic heterocycles. The van der Waals surface area contributed by atoms with Crippen LogP contribution in [0.15, 0.2) is 35.0 Å². The molecule has 0 radical (unpaired) electrons. The van der Waals surface area contributed by atoms with Gasteiger partial charge in [0, 0.05) is 11.1 Å². The van der Waals surface area contributed by atoms with Gasteiger partial charge in [0.1, 0.15) is 0 Å². The van der Waals surface area contributed by atoms with E-state index in [1.807, 2.05) is 18.2 Å². The van der Waals surface area contributed by atoms with Gasteiger partial charge in [-0.25, -0.2) is 0 Å². The molecular formula is C15H18ClNS. The minimum Gasteiger partial charge on any atom is -0.310 e. The van der Waals surface area contributed by atoms with Crippen molar-refractivity contribution in [3.8, 4) is 0 Å². The summed E-state index contributed by atoms with van der Waals surface area (Å²) in [5.74, 6) is 0. The number of benzene rings is 1. The Balaban J connectivity index is 2.22. The number of hydrogen-bond acceptors (Lipinski definition) is 2. The van der Waals surface area contributed by atoms with E-state index >= 15 is 0 Å². The van der Waals surface area contributed by atoms with Gasteiger partial charge >= 0.3 is 0 Å². The molecule has 0 aliphatic heterocycles. The van der Waals surface area contributed by atoms with Crippen LogP contribution in [-0.4, -0.2) is 6.54 Å². The lowest BCUT2D eigenvalue weighted by Crippen LogP contribution is -2.23. The van der Waals surface area contributed by atoms with Gasteiger partial charge < -0.3 is 5.32 Å². The van der Waals surface area contributed by atoms with Gasteiger partial charge in [0.15, 0.2) is 0 Å². The minimum atomic E-state index is 0.348. The summed E-state index contributed by atoms with van der Waals surface area (Å²) in [5, 5.41) is 8.84. The van der Waals surface area contributed by atoms with Crippen molar-refractivity contribution in [3.05, 3.63) is 56.7 Å². The van der Waals surface area contributed by atoms with Gasteiger partial charge in [-0.2, -0.15) is 11.3 Å². The first-order valence-corrected chi connectivity index (χ1v) is 7.54. The average Bonchev–Trinajstić information content (AvgIpc) is 2.78. The minimum absolute atomic E-state index is 0.348. The first kappa shape index (κ1) is 13.6. The summed E-state index contributed by atoms with van der Waals surface area (Å²) in [5.41, 5.74) is 3.95. The van der Waals surface area contributed by atoms with Crippen LogP contribution in [0.5, 0.6) is 0 Å². The van der Waals surface area contributed by atoms with Crippen molar-refractivity contribution >= 4 is 22.9 Å². The molecule has 1 nitrogen and oxygen atoms in total.